The largest absolute Gasteiger partial charge is 0.434 e. The first-order valence-electron chi connectivity index (χ1n) is 6.97. The first kappa shape index (κ1) is 24.5. The van der Waals surface area contributed by atoms with Gasteiger partial charge in [-0.25, -0.2) is 9.67 Å². The molecule has 1 atom stereocenters. The van der Waals surface area contributed by atoms with E-state index in [4.69, 9.17) is 11.6 Å². The topological polar surface area (TPSA) is 71.8 Å². The molecule has 2 aromatic heterocycles. The van der Waals surface area contributed by atoms with Gasteiger partial charge in [-0.15, -0.1) is 24.8 Å². The molecule has 2 rings (SSSR count). The Balaban J connectivity index is 0.00000312. The SMILES string of the molecule is CNC(C)CNC(=O)c1cnn(-c2ncccc2Cl)c1C(F)(F)F.Cl.Cl. The molecule has 2 aromatic rings. The molecule has 0 saturated heterocycles. The lowest BCUT2D eigenvalue weighted by atomic mass is 10.2. The average Bonchev–Trinajstić information content (AvgIpc) is 2.97. The number of halogens is 6. The number of alkyl halides is 3. The minimum atomic E-state index is -4.81. The van der Waals surface area contributed by atoms with Crippen LogP contribution in [0.15, 0.2) is 24.5 Å². The summed E-state index contributed by atoms with van der Waals surface area (Å²) in [7, 11) is 1.68. The molecule has 0 bridgehead atoms. The van der Waals surface area contributed by atoms with Crippen molar-refractivity contribution in [2.75, 3.05) is 13.6 Å². The number of aromatic nitrogens is 3. The molecular formula is C14H17Cl3F3N5O. The van der Waals surface area contributed by atoms with E-state index >= 15 is 0 Å². The number of hydrogen-bond acceptors (Lipinski definition) is 4. The summed E-state index contributed by atoms with van der Waals surface area (Å²) in [6, 6.07) is 2.78. The number of nitrogens with zero attached hydrogens (tertiary/aromatic N) is 3. The quantitative estimate of drug-likeness (QED) is 0.758. The van der Waals surface area contributed by atoms with Crippen LogP contribution < -0.4 is 10.6 Å². The maximum atomic E-state index is 13.5. The van der Waals surface area contributed by atoms with Crippen LogP contribution in [0.25, 0.3) is 5.82 Å². The van der Waals surface area contributed by atoms with Crippen LogP contribution in [0.3, 0.4) is 0 Å². The lowest BCUT2D eigenvalue weighted by Gasteiger charge is -2.14. The molecule has 0 aliphatic rings. The van der Waals surface area contributed by atoms with Gasteiger partial charge in [0.25, 0.3) is 5.91 Å². The van der Waals surface area contributed by atoms with Crippen LogP contribution in [0.5, 0.6) is 0 Å². The zero-order valence-corrected chi connectivity index (χ0v) is 16.1. The molecule has 0 aliphatic heterocycles. The second kappa shape index (κ2) is 9.96. The summed E-state index contributed by atoms with van der Waals surface area (Å²) in [5, 5.41) is 8.95. The van der Waals surface area contributed by atoms with Gasteiger partial charge in [0.15, 0.2) is 11.5 Å². The van der Waals surface area contributed by atoms with Gasteiger partial charge in [-0.2, -0.15) is 18.3 Å². The highest BCUT2D eigenvalue weighted by Gasteiger charge is 2.41. The third-order valence-corrected chi connectivity index (χ3v) is 3.58. The number of likely N-dealkylation sites (N-methyl/N-ethyl adjacent to an activating group) is 1. The highest BCUT2D eigenvalue weighted by Crippen LogP contribution is 2.34. The molecule has 0 spiro atoms. The number of rotatable bonds is 5. The van der Waals surface area contributed by atoms with Crippen LogP contribution in [-0.2, 0) is 6.18 Å². The van der Waals surface area contributed by atoms with Gasteiger partial charge < -0.3 is 10.6 Å². The van der Waals surface area contributed by atoms with E-state index in [0.29, 0.717) is 4.68 Å². The van der Waals surface area contributed by atoms with Crippen molar-refractivity contribution in [3.8, 4) is 5.82 Å². The van der Waals surface area contributed by atoms with Crippen molar-refractivity contribution in [3.05, 3.63) is 40.8 Å². The van der Waals surface area contributed by atoms with E-state index in [1.807, 2.05) is 0 Å². The molecule has 6 nitrogen and oxygen atoms in total. The molecule has 1 unspecified atom stereocenters. The van der Waals surface area contributed by atoms with E-state index < -0.39 is 23.3 Å². The average molecular weight is 435 g/mol. The number of carbonyl (C=O) groups excluding carboxylic acids is 1. The fraction of sp³-hybridized carbons (Fsp3) is 0.357. The number of amides is 1. The lowest BCUT2D eigenvalue weighted by molar-refractivity contribution is -0.143. The summed E-state index contributed by atoms with van der Waals surface area (Å²) < 4.78 is 40.9. The van der Waals surface area contributed by atoms with Crippen molar-refractivity contribution in [3.63, 3.8) is 0 Å². The minimum Gasteiger partial charge on any atom is -0.350 e. The van der Waals surface area contributed by atoms with Crippen LogP contribution in [0, 0.1) is 0 Å². The Morgan fingerprint density at radius 3 is 2.58 bits per heavy atom. The van der Waals surface area contributed by atoms with Gasteiger partial charge in [0.2, 0.25) is 0 Å². The molecule has 0 aliphatic carbocycles. The monoisotopic (exact) mass is 433 g/mol. The summed E-state index contributed by atoms with van der Waals surface area (Å²) >= 11 is 5.89. The van der Waals surface area contributed by atoms with Gasteiger partial charge in [-0.1, -0.05) is 11.6 Å². The van der Waals surface area contributed by atoms with Crippen LogP contribution in [0.2, 0.25) is 5.02 Å². The maximum Gasteiger partial charge on any atom is 0.434 e. The summed E-state index contributed by atoms with van der Waals surface area (Å²) in [6.45, 7) is 1.95. The molecule has 12 heteroatoms. The summed E-state index contributed by atoms with van der Waals surface area (Å²) in [5.41, 5.74) is -1.81. The van der Waals surface area contributed by atoms with Crippen molar-refractivity contribution >= 4 is 42.3 Å². The summed E-state index contributed by atoms with van der Waals surface area (Å²) in [6.07, 6.45) is -2.66. The van der Waals surface area contributed by atoms with Gasteiger partial charge in [0, 0.05) is 18.8 Å². The second-order valence-corrected chi connectivity index (χ2v) is 5.43. The Morgan fingerprint density at radius 1 is 1.38 bits per heavy atom. The van der Waals surface area contributed by atoms with Gasteiger partial charge in [-0.3, -0.25) is 4.79 Å². The fourth-order valence-corrected chi connectivity index (χ4v) is 2.13. The van der Waals surface area contributed by atoms with E-state index in [1.54, 1.807) is 14.0 Å². The van der Waals surface area contributed by atoms with E-state index in [-0.39, 0.29) is 48.2 Å². The highest BCUT2D eigenvalue weighted by molar-refractivity contribution is 6.32. The number of pyridine rings is 1. The molecule has 0 radical (unpaired) electrons. The molecule has 2 N–H and O–H groups in total. The van der Waals surface area contributed by atoms with E-state index in [9.17, 15) is 18.0 Å². The first-order valence-corrected chi connectivity index (χ1v) is 7.35. The zero-order chi connectivity index (χ0) is 17.9. The zero-order valence-electron chi connectivity index (χ0n) is 13.7. The lowest BCUT2D eigenvalue weighted by Crippen LogP contribution is -2.37. The van der Waals surface area contributed by atoms with Gasteiger partial charge >= 0.3 is 6.18 Å². The Morgan fingerprint density at radius 2 is 2.04 bits per heavy atom. The molecule has 0 aromatic carbocycles. The smallest absolute Gasteiger partial charge is 0.350 e. The van der Waals surface area contributed by atoms with Gasteiger partial charge in [0.05, 0.1) is 16.8 Å². The van der Waals surface area contributed by atoms with Gasteiger partial charge in [0.1, 0.15) is 0 Å². The minimum absolute atomic E-state index is 0. The van der Waals surface area contributed by atoms with Crippen molar-refractivity contribution in [2.24, 2.45) is 0 Å². The molecule has 26 heavy (non-hydrogen) atoms. The molecule has 2 heterocycles. The Labute approximate surface area is 165 Å². The van der Waals surface area contributed by atoms with E-state index in [1.165, 1.54) is 18.3 Å². The number of nitrogens with one attached hydrogen (secondary N) is 2. The highest BCUT2D eigenvalue weighted by atomic mass is 35.5. The predicted molar refractivity (Wildman–Crippen MR) is 96.7 cm³/mol. The van der Waals surface area contributed by atoms with E-state index in [0.717, 1.165) is 6.20 Å². The Hall–Kier alpha value is -1.55. The Kier molecular flexibility index (Phi) is 9.36. The van der Waals surface area contributed by atoms with E-state index in [2.05, 4.69) is 20.7 Å². The molecule has 0 fully saturated rings. The molecule has 146 valence electrons. The van der Waals surface area contributed by atoms with Crippen molar-refractivity contribution in [1.29, 1.82) is 0 Å². The third kappa shape index (κ3) is 5.47. The maximum absolute atomic E-state index is 13.5. The van der Waals surface area contributed by atoms with Crippen molar-refractivity contribution < 1.29 is 18.0 Å². The van der Waals surface area contributed by atoms with Crippen molar-refractivity contribution in [2.45, 2.75) is 19.1 Å². The normalized spacial score (nSPS) is 11.9. The molecule has 1 amide bonds. The molecular weight excluding hydrogens is 418 g/mol. The summed E-state index contributed by atoms with van der Waals surface area (Å²) in [4.78, 5) is 15.9. The number of hydrogen-bond donors (Lipinski definition) is 2. The fourth-order valence-electron chi connectivity index (χ4n) is 1.92. The Bertz CT molecular complexity index is 739. The van der Waals surface area contributed by atoms with Crippen LogP contribution in [0.1, 0.15) is 23.0 Å². The number of carbonyl (C=O) groups is 1. The second-order valence-electron chi connectivity index (χ2n) is 5.02. The standard InChI is InChI=1S/C14H15ClF3N5O.2ClH/c1-8(19-2)6-21-13(24)9-7-22-23(11(9)14(16,17)18)12-10(15)4-3-5-20-12;;/h3-5,7-8,19H,6H2,1-2H3,(H,21,24);2*1H. The first-order chi connectivity index (χ1) is 11.3. The van der Waals surface area contributed by atoms with Gasteiger partial charge in [-0.05, 0) is 26.1 Å². The summed E-state index contributed by atoms with van der Waals surface area (Å²) in [5.74, 6) is -1.07. The third-order valence-electron chi connectivity index (χ3n) is 3.28. The van der Waals surface area contributed by atoms with Crippen LogP contribution >= 0.6 is 36.4 Å². The van der Waals surface area contributed by atoms with Crippen LogP contribution in [-0.4, -0.2) is 40.3 Å². The predicted octanol–water partition coefficient (Wildman–Crippen LogP) is 3.12. The van der Waals surface area contributed by atoms with Crippen LogP contribution in [0.4, 0.5) is 13.2 Å². The van der Waals surface area contributed by atoms with Crippen molar-refractivity contribution in [1.82, 2.24) is 25.4 Å². The molecule has 0 saturated carbocycles.